The molecule has 0 bridgehead atoms. The minimum absolute atomic E-state index is 0.112. The number of carbonyl (C=O) groups excluding carboxylic acids is 1. The molecule has 0 aliphatic carbocycles. The molecular weight excluding hydrogens is 193 g/mol. The van der Waals surface area contributed by atoms with Gasteiger partial charge in [-0.1, -0.05) is 0 Å². The molecule has 1 aromatic carbocycles. The minimum atomic E-state index is -2.83. The Morgan fingerprint density at radius 3 is 2.36 bits per heavy atom. The molecule has 0 N–H and O–H groups in total. The van der Waals surface area contributed by atoms with E-state index < -0.39 is 23.6 Å². The molecule has 0 saturated heterocycles. The third-order valence-electron chi connectivity index (χ3n) is 1.95. The molecule has 76 valence electrons. The van der Waals surface area contributed by atoms with Crippen LogP contribution in [0.1, 0.15) is 34.8 Å². The van der Waals surface area contributed by atoms with Crippen molar-refractivity contribution in [3.63, 3.8) is 0 Å². The summed E-state index contributed by atoms with van der Waals surface area (Å²) in [5.74, 6) is -1.20. The molecule has 4 heteroatoms. The molecule has 0 aliphatic rings. The summed E-state index contributed by atoms with van der Waals surface area (Å²) in [7, 11) is 0. The highest BCUT2D eigenvalue weighted by Crippen LogP contribution is 2.25. The molecule has 0 amide bonds. The van der Waals surface area contributed by atoms with Crippen molar-refractivity contribution < 1.29 is 18.0 Å². The Morgan fingerprint density at radius 2 is 1.93 bits per heavy atom. The number of rotatable bonds is 2. The fourth-order valence-corrected chi connectivity index (χ4v) is 1.18. The molecule has 0 radical (unpaired) electrons. The van der Waals surface area contributed by atoms with Crippen LogP contribution >= 0.6 is 0 Å². The summed E-state index contributed by atoms with van der Waals surface area (Å²) < 4.78 is 37.7. The third-order valence-corrected chi connectivity index (χ3v) is 1.95. The third kappa shape index (κ3) is 1.95. The van der Waals surface area contributed by atoms with Gasteiger partial charge in [-0.15, -0.1) is 0 Å². The first kappa shape index (κ1) is 10.8. The minimum Gasteiger partial charge on any atom is -0.294 e. The van der Waals surface area contributed by atoms with Gasteiger partial charge in [0.1, 0.15) is 5.82 Å². The number of alkyl halides is 2. The predicted molar refractivity (Wildman–Crippen MR) is 46.1 cm³/mol. The molecule has 0 atom stereocenters. The highest BCUT2D eigenvalue weighted by atomic mass is 19.3. The van der Waals surface area contributed by atoms with E-state index in [0.717, 1.165) is 12.1 Å². The second kappa shape index (κ2) is 3.82. The number of benzene rings is 1. The lowest BCUT2D eigenvalue weighted by molar-refractivity contribution is 0.0998. The first-order valence-corrected chi connectivity index (χ1v) is 4.02. The van der Waals surface area contributed by atoms with E-state index in [1.54, 1.807) is 0 Å². The summed E-state index contributed by atoms with van der Waals surface area (Å²) in [4.78, 5) is 11.0. The number of halogens is 3. The van der Waals surface area contributed by atoms with Gasteiger partial charge in [-0.3, -0.25) is 4.79 Å². The lowest BCUT2D eigenvalue weighted by Crippen LogP contribution is -2.02. The zero-order valence-corrected chi connectivity index (χ0v) is 7.77. The van der Waals surface area contributed by atoms with E-state index in [-0.39, 0.29) is 11.1 Å². The van der Waals surface area contributed by atoms with Crippen molar-refractivity contribution >= 4 is 5.78 Å². The molecule has 0 spiro atoms. The second-order valence-corrected chi connectivity index (χ2v) is 3.05. The molecule has 0 fully saturated rings. The van der Waals surface area contributed by atoms with Crippen LogP contribution < -0.4 is 0 Å². The Hall–Kier alpha value is -1.32. The van der Waals surface area contributed by atoms with Crippen molar-refractivity contribution in [3.05, 3.63) is 34.6 Å². The van der Waals surface area contributed by atoms with Crippen LogP contribution in [0.3, 0.4) is 0 Å². The van der Waals surface area contributed by atoms with E-state index in [1.807, 2.05) is 0 Å². The first-order valence-electron chi connectivity index (χ1n) is 4.02. The maximum atomic E-state index is 12.9. The summed E-state index contributed by atoms with van der Waals surface area (Å²) in [6, 6.07) is 1.87. The number of aryl methyl sites for hydroxylation is 1. The van der Waals surface area contributed by atoms with Crippen molar-refractivity contribution in [1.82, 2.24) is 0 Å². The largest absolute Gasteiger partial charge is 0.294 e. The Morgan fingerprint density at radius 1 is 1.36 bits per heavy atom. The maximum absolute atomic E-state index is 12.9. The number of ketones is 1. The van der Waals surface area contributed by atoms with Gasteiger partial charge in [0.25, 0.3) is 6.43 Å². The molecule has 0 aromatic heterocycles. The van der Waals surface area contributed by atoms with Gasteiger partial charge in [0.05, 0.1) is 0 Å². The number of hydrogen-bond donors (Lipinski definition) is 0. The van der Waals surface area contributed by atoms with Gasteiger partial charge >= 0.3 is 0 Å². The van der Waals surface area contributed by atoms with Crippen molar-refractivity contribution in [2.45, 2.75) is 20.3 Å². The Balaban J connectivity index is 3.39. The van der Waals surface area contributed by atoms with Crippen LogP contribution in [0.25, 0.3) is 0 Å². The van der Waals surface area contributed by atoms with Crippen molar-refractivity contribution in [1.29, 1.82) is 0 Å². The lowest BCUT2D eigenvalue weighted by atomic mass is 10.0. The summed E-state index contributed by atoms with van der Waals surface area (Å²) in [6.07, 6.45) is -2.83. The van der Waals surface area contributed by atoms with Crippen LogP contribution in [-0.4, -0.2) is 5.78 Å². The van der Waals surface area contributed by atoms with Crippen LogP contribution in [0.2, 0.25) is 0 Å². The quantitative estimate of drug-likeness (QED) is 0.672. The van der Waals surface area contributed by atoms with E-state index in [4.69, 9.17) is 0 Å². The monoisotopic (exact) mass is 202 g/mol. The van der Waals surface area contributed by atoms with Crippen molar-refractivity contribution in [2.75, 3.05) is 0 Å². The van der Waals surface area contributed by atoms with E-state index >= 15 is 0 Å². The highest BCUT2D eigenvalue weighted by Gasteiger charge is 2.17. The topological polar surface area (TPSA) is 17.1 Å². The fraction of sp³-hybridized carbons (Fsp3) is 0.300. The molecule has 1 rings (SSSR count). The zero-order chi connectivity index (χ0) is 10.9. The van der Waals surface area contributed by atoms with Crippen molar-refractivity contribution in [3.8, 4) is 0 Å². The average molecular weight is 202 g/mol. The van der Waals surface area contributed by atoms with Crippen LogP contribution in [0.4, 0.5) is 13.2 Å². The molecule has 14 heavy (non-hydrogen) atoms. The van der Waals surface area contributed by atoms with Crippen LogP contribution in [-0.2, 0) is 0 Å². The standard InChI is InChI=1S/C10H9F3O/c1-5-3-7(6(2)14)8(10(12)13)4-9(5)11/h3-4,10H,1-2H3. The smallest absolute Gasteiger partial charge is 0.264 e. The Kier molecular flexibility index (Phi) is 2.93. The van der Waals surface area contributed by atoms with Gasteiger partial charge in [-0.05, 0) is 31.5 Å². The van der Waals surface area contributed by atoms with E-state index in [0.29, 0.717) is 0 Å². The van der Waals surface area contributed by atoms with E-state index in [2.05, 4.69) is 0 Å². The van der Waals surface area contributed by atoms with Crippen molar-refractivity contribution in [2.24, 2.45) is 0 Å². The summed E-state index contributed by atoms with van der Waals surface area (Å²) in [5, 5.41) is 0. The second-order valence-electron chi connectivity index (χ2n) is 3.05. The fourth-order valence-electron chi connectivity index (χ4n) is 1.18. The lowest BCUT2D eigenvalue weighted by Gasteiger charge is -2.07. The van der Waals surface area contributed by atoms with Gasteiger partial charge in [0.2, 0.25) is 0 Å². The molecule has 0 unspecified atom stereocenters. The van der Waals surface area contributed by atoms with E-state index in [1.165, 1.54) is 13.8 Å². The first-order chi connectivity index (χ1) is 6.43. The Labute approximate surface area is 79.5 Å². The van der Waals surface area contributed by atoms with Gasteiger partial charge in [0, 0.05) is 11.1 Å². The summed E-state index contributed by atoms with van der Waals surface area (Å²) in [6.45, 7) is 2.61. The Bertz CT molecular complexity index is 372. The summed E-state index contributed by atoms with van der Waals surface area (Å²) >= 11 is 0. The maximum Gasteiger partial charge on any atom is 0.264 e. The number of hydrogen-bond acceptors (Lipinski definition) is 1. The molecular formula is C10H9F3O. The molecule has 0 heterocycles. The molecule has 1 aromatic rings. The van der Waals surface area contributed by atoms with Gasteiger partial charge in [0.15, 0.2) is 5.78 Å². The SMILES string of the molecule is CC(=O)c1cc(C)c(F)cc1C(F)F. The van der Waals surface area contributed by atoms with E-state index in [9.17, 15) is 18.0 Å². The van der Waals surface area contributed by atoms with Crippen LogP contribution in [0, 0.1) is 12.7 Å². The molecule has 1 nitrogen and oxygen atoms in total. The van der Waals surface area contributed by atoms with Gasteiger partial charge in [-0.25, -0.2) is 13.2 Å². The molecule has 0 saturated carbocycles. The molecule has 0 aliphatic heterocycles. The zero-order valence-electron chi connectivity index (χ0n) is 7.77. The highest BCUT2D eigenvalue weighted by molar-refractivity contribution is 5.95. The van der Waals surface area contributed by atoms with Crippen LogP contribution in [0.5, 0.6) is 0 Å². The number of Topliss-reactive ketones (excluding diaryl/α,β-unsaturated/α-hetero) is 1. The van der Waals surface area contributed by atoms with Gasteiger partial charge in [-0.2, -0.15) is 0 Å². The normalized spacial score (nSPS) is 10.7. The van der Waals surface area contributed by atoms with Crippen LogP contribution in [0.15, 0.2) is 12.1 Å². The predicted octanol–water partition coefficient (Wildman–Crippen LogP) is 3.27. The summed E-state index contributed by atoms with van der Waals surface area (Å²) in [5.41, 5.74) is -0.459. The average Bonchev–Trinajstić information content (AvgIpc) is 2.08. The number of carbonyl (C=O) groups is 1. The van der Waals surface area contributed by atoms with Gasteiger partial charge < -0.3 is 0 Å².